The first-order chi connectivity index (χ1) is 9.97. The SMILES string of the molecule is Cc1ccc(C(N)=O)c(NCCn2cnc(C(=O)O)c2)c1. The quantitative estimate of drug-likeness (QED) is 0.737. The Morgan fingerprint density at radius 1 is 1.43 bits per heavy atom. The molecule has 7 heteroatoms. The Labute approximate surface area is 121 Å². The molecule has 0 aliphatic rings. The van der Waals surface area contributed by atoms with E-state index in [1.165, 1.54) is 12.5 Å². The molecule has 0 bridgehead atoms. The average Bonchev–Trinajstić information content (AvgIpc) is 2.87. The Morgan fingerprint density at radius 3 is 2.81 bits per heavy atom. The van der Waals surface area contributed by atoms with Gasteiger partial charge in [-0.3, -0.25) is 4.79 Å². The molecule has 1 heterocycles. The van der Waals surface area contributed by atoms with Crippen LogP contribution in [0, 0.1) is 6.92 Å². The molecule has 0 saturated heterocycles. The van der Waals surface area contributed by atoms with Crippen molar-refractivity contribution in [2.24, 2.45) is 5.73 Å². The van der Waals surface area contributed by atoms with Crippen molar-refractivity contribution in [1.82, 2.24) is 9.55 Å². The number of aromatic nitrogens is 2. The van der Waals surface area contributed by atoms with Gasteiger partial charge in [0, 0.05) is 25.0 Å². The lowest BCUT2D eigenvalue weighted by molar-refractivity contribution is 0.0690. The zero-order valence-corrected chi connectivity index (χ0v) is 11.5. The highest BCUT2D eigenvalue weighted by molar-refractivity contribution is 5.98. The van der Waals surface area contributed by atoms with E-state index in [1.54, 1.807) is 10.6 Å². The third-order valence-electron chi connectivity index (χ3n) is 2.98. The molecule has 21 heavy (non-hydrogen) atoms. The summed E-state index contributed by atoms with van der Waals surface area (Å²) in [5.74, 6) is -1.55. The monoisotopic (exact) mass is 288 g/mol. The minimum Gasteiger partial charge on any atom is -0.476 e. The maximum atomic E-state index is 11.3. The van der Waals surface area contributed by atoms with Crippen LogP contribution in [-0.4, -0.2) is 33.1 Å². The Bertz CT molecular complexity index is 679. The van der Waals surface area contributed by atoms with Gasteiger partial charge in [-0.25, -0.2) is 9.78 Å². The first-order valence-corrected chi connectivity index (χ1v) is 6.37. The highest BCUT2D eigenvalue weighted by Gasteiger charge is 2.09. The van der Waals surface area contributed by atoms with Crippen molar-refractivity contribution in [2.75, 3.05) is 11.9 Å². The maximum Gasteiger partial charge on any atom is 0.356 e. The molecule has 4 N–H and O–H groups in total. The summed E-state index contributed by atoms with van der Waals surface area (Å²) in [6.07, 6.45) is 2.91. The number of carboxylic acid groups (broad SMARTS) is 1. The summed E-state index contributed by atoms with van der Waals surface area (Å²) in [5, 5.41) is 11.9. The van der Waals surface area contributed by atoms with Gasteiger partial charge in [-0.05, 0) is 24.6 Å². The van der Waals surface area contributed by atoms with Crippen LogP contribution in [-0.2, 0) is 6.54 Å². The van der Waals surface area contributed by atoms with Crippen LogP contribution in [0.4, 0.5) is 5.69 Å². The zero-order valence-electron chi connectivity index (χ0n) is 11.5. The molecular weight excluding hydrogens is 272 g/mol. The largest absolute Gasteiger partial charge is 0.476 e. The number of primary amides is 1. The molecule has 1 aromatic heterocycles. The summed E-state index contributed by atoms with van der Waals surface area (Å²) >= 11 is 0. The molecule has 1 aromatic carbocycles. The normalized spacial score (nSPS) is 10.3. The van der Waals surface area contributed by atoms with E-state index in [0.717, 1.165) is 5.56 Å². The molecule has 0 saturated carbocycles. The van der Waals surface area contributed by atoms with Crippen molar-refractivity contribution >= 4 is 17.6 Å². The fourth-order valence-corrected chi connectivity index (χ4v) is 1.93. The molecular formula is C14H16N4O3. The minimum absolute atomic E-state index is 0.00313. The molecule has 0 spiro atoms. The van der Waals surface area contributed by atoms with E-state index in [2.05, 4.69) is 10.3 Å². The second kappa shape index (κ2) is 6.08. The average molecular weight is 288 g/mol. The fraction of sp³-hybridized carbons (Fsp3) is 0.214. The highest BCUT2D eigenvalue weighted by Crippen LogP contribution is 2.16. The van der Waals surface area contributed by atoms with Crippen LogP contribution in [0.3, 0.4) is 0 Å². The van der Waals surface area contributed by atoms with Crippen molar-refractivity contribution in [3.63, 3.8) is 0 Å². The van der Waals surface area contributed by atoms with Gasteiger partial charge in [0.2, 0.25) is 0 Å². The number of imidazole rings is 1. The number of rotatable bonds is 6. The second-order valence-electron chi connectivity index (χ2n) is 4.64. The van der Waals surface area contributed by atoms with Crippen LogP contribution in [0.15, 0.2) is 30.7 Å². The number of carbonyl (C=O) groups is 2. The number of carbonyl (C=O) groups excluding carboxylic acids is 1. The number of hydrogen-bond acceptors (Lipinski definition) is 4. The molecule has 0 radical (unpaired) electrons. The Hall–Kier alpha value is -2.83. The number of aryl methyl sites for hydroxylation is 1. The molecule has 7 nitrogen and oxygen atoms in total. The van der Waals surface area contributed by atoms with Crippen LogP contribution in [0.1, 0.15) is 26.4 Å². The number of aromatic carboxylic acids is 1. The molecule has 2 rings (SSSR count). The number of benzene rings is 1. The number of nitrogens with zero attached hydrogens (tertiary/aromatic N) is 2. The molecule has 0 unspecified atom stereocenters. The van der Waals surface area contributed by atoms with Crippen LogP contribution in [0.2, 0.25) is 0 Å². The molecule has 2 aromatic rings. The summed E-state index contributed by atoms with van der Waals surface area (Å²) in [7, 11) is 0. The fourth-order valence-electron chi connectivity index (χ4n) is 1.93. The molecule has 0 atom stereocenters. The van der Waals surface area contributed by atoms with Gasteiger partial charge in [0.25, 0.3) is 5.91 Å². The minimum atomic E-state index is -1.06. The Morgan fingerprint density at radius 2 is 2.19 bits per heavy atom. The van der Waals surface area contributed by atoms with Crippen molar-refractivity contribution < 1.29 is 14.7 Å². The van der Waals surface area contributed by atoms with Gasteiger partial charge in [-0.15, -0.1) is 0 Å². The van der Waals surface area contributed by atoms with Crippen molar-refractivity contribution in [3.8, 4) is 0 Å². The van der Waals surface area contributed by atoms with E-state index in [9.17, 15) is 9.59 Å². The third-order valence-corrected chi connectivity index (χ3v) is 2.98. The van der Waals surface area contributed by atoms with E-state index in [1.807, 2.05) is 19.1 Å². The van der Waals surface area contributed by atoms with Gasteiger partial charge >= 0.3 is 5.97 Å². The molecule has 0 aliphatic heterocycles. The first-order valence-electron chi connectivity index (χ1n) is 6.37. The van der Waals surface area contributed by atoms with E-state index in [-0.39, 0.29) is 5.69 Å². The van der Waals surface area contributed by atoms with E-state index in [0.29, 0.717) is 24.3 Å². The molecule has 0 aliphatic carbocycles. The van der Waals surface area contributed by atoms with E-state index >= 15 is 0 Å². The van der Waals surface area contributed by atoms with Crippen LogP contribution < -0.4 is 11.1 Å². The second-order valence-corrected chi connectivity index (χ2v) is 4.64. The summed E-state index contributed by atoms with van der Waals surface area (Å²) in [6, 6.07) is 5.34. The number of hydrogen-bond donors (Lipinski definition) is 3. The van der Waals surface area contributed by atoms with Crippen molar-refractivity contribution in [1.29, 1.82) is 0 Å². The van der Waals surface area contributed by atoms with Gasteiger partial charge in [0.15, 0.2) is 5.69 Å². The zero-order chi connectivity index (χ0) is 15.4. The number of nitrogens with one attached hydrogen (secondary N) is 1. The summed E-state index contributed by atoms with van der Waals surface area (Å²) < 4.78 is 1.66. The summed E-state index contributed by atoms with van der Waals surface area (Å²) in [4.78, 5) is 25.8. The van der Waals surface area contributed by atoms with Crippen molar-refractivity contribution in [3.05, 3.63) is 47.5 Å². The molecule has 0 fully saturated rings. The lowest BCUT2D eigenvalue weighted by Crippen LogP contribution is -2.16. The van der Waals surface area contributed by atoms with E-state index in [4.69, 9.17) is 10.8 Å². The van der Waals surface area contributed by atoms with Gasteiger partial charge < -0.3 is 20.7 Å². The predicted octanol–water partition coefficient (Wildman–Crippen LogP) is 1.10. The predicted molar refractivity (Wildman–Crippen MR) is 77.4 cm³/mol. The number of nitrogens with two attached hydrogens (primary N) is 1. The number of anilines is 1. The van der Waals surface area contributed by atoms with E-state index < -0.39 is 11.9 Å². The molecule has 1 amide bonds. The third kappa shape index (κ3) is 3.59. The molecule has 110 valence electrons. The van der Waals surface area contributed by atoms with Gasteiger partial charge in [0.05, 0.1) is 11.9 Å². The smallest absolute Gasteiger partial charge is 0.356 e. The number of carboxylic acids is 1. The van der Waals surface area contributed by atoms with Crippen LogP contribution >= 0.6 is 0 Å². The first kappa shape index (κ1) is 14.6. The standard InChI is InChI=1S/C14H16N4O3/c1-9-2-3-10(13(15)19)11(6-9)16-4-5-18-7-12(14(20)21)17-8-18/h2-3,6-8,16H,4-5H2,1H3,(H2,15,19)(H,20,21). The highest BCUT2D eigenvalue weighted by atomic mass is 16.4. The lowest BCUT2D eigenvalue weighted by atomic mass is 10.1. The topological polar surface area (TPSA) is 110 Å². The Balaban J connectivity index is 2.01. The van der Waals surface area contributed by atoms with Crippen LogP contribution in [0.5, 0.6) is 0 Å². The van der Waals surface area contributed by atoms with Crippen molar-refractivity contribution in [2.45, 2.75) is 13.5 Å². The maximum absolute atomic E-state index is 11.3. The van der Waals surface area contributed by atoms with Gasteiger partial charge in [-0.1, -0.05) is 6.07 Å². The number of amides is 1. The summed E-state index contributed by atoms with van der Waals surface area (Å²) in [5.41, 5.74) is 7.44. The van der Waals surface area contributed by atoms with Crippen LogP contribution in [0.25, 0.3) is 0 Å². The Kier molecular flexibility index (Phi) is 4.22. The summed E-state index contributed by atoms with van der Waals surface area (Å²) in [6.45, 7) is 2.95. The lowest BCUT2D eigenvalue weighted by Gasteiger charge is -2.11. The van der Waals surface area contributed by atoms with Gasteiger partial charge in [-0.2, -0.15) is 0 Å². The van der Waals surface area contributed by atoms with Gasteiger partial charge in [0.1, 0.15) is 0 Å².